The fourth-order valence-electron chi connectivity index (χ4n) is 1.08. The third kappa shape index (κ3) is 4.85. The molecule has 0 aromatic heterocycles. The lowest BCUT2D eigenvalue weighted by Crippen LogP contribution is -2.37. The first-order valence-corrected chi connectivity index (χ1v) is 5.08. The number of carbonyl (C=O) groups is 1. The van der Waals surface area contributed by atoms with Crippen molar-refractivity contribution in [1.82, 2.24) is 4.34 Å². The summed E-state index contributed by atoms with van der Waals surface area (Å²) < 4.78 is 32.9. The van der Waals surface area contributed by atoms with Crippen LogP contribution in [0.4, 0.5) is 8.78 Å². The van der Waals surface area contributed by atoms with E-state index < -0.39 is 24.4 Å². The number of esters is 1. The maximum Gasteiger partial charge on any atom is 0.323 e. The van der Waals surface area contributed by atoms with Gasteiger partial charge in [0.25, 0.3) is 0 Å². The summed E-state index contributed by atoms with van der Waals surface area (Å²) in [4.78, 5) is 11.0. The van der Waals surface area contributed by atoms with Gasteiger partial charge < -0.3 is 4.74 Å². The van der Waals surface area contributed by atoms with Crippen molar-refractivity contribution in [2.45, 2.75) is 38.2 Å². The van der Waals surface area contributed by atoms with Crippen LogP contribution in [0.5, 0.6) is 0 Å². The standard InChI is InChI=1S/C8H14BrF2NO2/c1-3-4-8(10,11)5-6(12-9)7(13)14-2/h6,12H,3-5H2,1-2H3/t6-/m0/s1. The first-order valence-electron chi connectivity index (χ1n) is 4.28. The molecule has 0 unspecified atom stereocenters. The maximum atomic E-state index is 13.1. The summed E-state index contributed by atoms with van der Waals surface area (Å²) in [5, 5.41) is 0. The van der Waals surface area contributed by atoms with E-state index in [4.69, 9.17) is 0 Å². The molecule has 0 spiro atoms. The Bertz CT molecular complexity index is 190. The van der Waals surface area contributed by atoms with Crippen molar-refractivity contribution in [3.05, 3.63) is 0 Å². The third-order valence-electron chi connectivity index (χ3n) is 1.74. The van der Waals surface area contributed by atoms with Crippen LogP contribution in [0, 0.1) is 0 Å². The predicted octanol–water partition coefficient (Wildman–Crippen LogP) is 2.25. The molecule has 3 nitrogen and oxygen atoms in total. The van der Waals surface area contributed by atoms with Crippen molar-refractivity contribution in [2.24, 2.45) is 0 Å². The number of rotatable bonds is 6. The van der Waals surface area contributed by atoms with E-state index in [0.29, 0.717) is 6.42 Å². The van der Waals surface area contributed by atoms with Crippen LogP contribution >= 0.6 is 16.1 Å². The summed E-state index contributed by atoms with van der Waals surface area (Å²) in [5.74, 6) is -3.54. The molecule has 84 valence electrons. The molecule has 0 aliphatic carbocycles. The molecule has 0 saturated carbocycles. The summed E-state index contributed by atoms with van der Waals surface area (Å²) >= 11 is 2.78. The Kier molecular flexibility index (Phi) is 6.19. The van der Waals surface area contributed by atoms with Crippen molar-refractivity contribution in [3.63, 3.8) is 0 Å². The summed E-state index contributed by atoms with van der Waals surface area (Å²) in [5.41, 5.74) is 0. The first-order chi connectivity index (χ1) is 6.46. The highest BCUT2D eigenvalue weighted by atomic mass is 79.9. The van der Waals surface area contributed by atoms with Crippen molar-refractivity contribution < 1.29 is 18.3 Å². The molecule has 0 heterocycles. The van der Waals surface area contributed by atoms with Gasteiger partial charge in [-0.05, 0) is 0 Å². The molecule has 1 N–H and O–H groups in total. The Hall–Kier alpha value is -0.230. The molecule has 0 aromatic carbocycles. The molecule has 6 heteroatoms. The number of halogens is 3. The lowest BCUT2D eigenvalue weighted by atomic mass is 10.1. The number of hydrogen-bond donors (Lipinski definition) is 1. The zero-order valence-electron chi connectivity index (χ0n) is 8.15. The second-order valence-electron chi connectivity index (χ2n) is 2.99. The van der Waals surface area contributed by atoms with E-state index in [1.54, 1.807) is 6.92 Å². The van der Waals surface area contributed by atoms with Gasteiger partial charge in [0.05, 0.1) is 7.11 Å². The van der Waals surface area contributed by atoms with Gasteiger partial charge in [0.1, 0.15) is 6.04 Å². The predicted molar refractivity (Wildman–Crippen MR) is 52.3 cm³/mol. The quantitative estimate of drug-likeness (QED) is 0.596. The minimum Gasteiger partial charge on any atom is -0.468 e. The molecule has 0 aliphatic heterocycles. The van der Waals surface area contributed by atoms with Crippen LogP contribution in [0.1, 0.15) is 26.2 Å². The molecule has 0 aromatic rings. The van der Waals surface area contributed by atoms with Gasteiger partial charge in [0.15, 0.2) is 0 Å². The van der Waals surface area contributed by atoms with E-state index in [1.165, 1.54) is 0 Å². The van der Waals surface area contributed by atoms with E-state index in [-0.39, 0.29) is 6.42 Å². The molecule has 0 aliphatic rings. The summed E-state index contributed by atoms with van der Waals surface area (Å²) in [6.45, 7) is 1.67. The second-order valence-corrected chi connectivity index (χ2v) is 3.45. The number of hydrogen-bond acceptors (Lipinski definition) is 3. The lowest BCUT2D eigenvalue weighted by Gasteiger charge is -2.20. The molecule has 14 heavy (non-hydrogen) atoms. The normalized spacial score (nSPS) is 13.8. The average molecular weight is 274 g/mol. The number of alkyl halides is 2. The topological polar surface area (TPSA) is 38.3 Å². The Labute approximate surface area is 90.5 Å². The SMILES string of the molecule is CCCC(F)(F)C[C@H](NBr)C(=O)OC. The molecule has 0 rings (SSSR count). The molecular formula is C8H14BrF2NO2. The number of nitrogens with one attached hydrogen (secondary N) is 1. The van der Waals surface area contributed by atoms with Gasteiger partial charge in [-0.25, -0.2) is 13.1 Å². The molecule has 0 amide bonds. The van der Waals surface area contributed by atoms with Gasteiger partial charge in [-0.15, -0.1) is 0 Å². The summed E-state index contributed by atoms with van der Waals surface area (Å²) in [6.07, 6.45) is -0.406. The minimum atomic E-state index is -2.84. The molecule has 0 bridgehead atoms. The first kappa shape index (κ1) is 13.8. The minimum absolute atomic E-state index is 0.227. The molecule has 0 saturated heterocycles. The number of methoxy groups -OCH3 is 1. The Morgan fingerprint density at radius 2 is 2.21 bits per heavy atom. The summed E-state index contributed by atoms with van der Waals surface area (Å²) in [7, 11) is 1.16. The Morgan fingerprint density at radius 3 is 2.57 bits per heavy atom. The molecule has 1 atom stereocenters. The maximum absolute atomic E-state index is 13.1. The Morgan fingerprint density at radius 1 is 1.64 bits per heavy atom. The smallest absolute Gasteiger partial charge is 0.323 e. The summed E-state index contributed by atoms with van der Waals surface area (Å²) in [6, 6.07) is -1.01. The number of carbonyl (C=O) groups excluding carboxylic acids is 1. The fourth-order valence-corrected chi connectivity index (χ4v) is 1.42. The van der Waals surface area contributed by atoms with Gasteiger partial charge in [-0.3, -0.25) is 4.79 Å². The molecule has 0 radical (unpaired) electrons. The average Bonchev–Trinajstić information content (AvgIpc) is 2.13. The van der Waals surface area contributed by atoms with Gasteiger partial charge in [-0.2, -0.15) is 0 Å². The van der Waals surface area contributed by atoms with Crippen LogP contribution in [0.25, 0.3) is 0 Å². The van der Waals surface area contributed by atoms with E-state index in [2.05, 4.69) is 25.2 Å². The van der Waals surface area contributed by atoms with Crippen LogP contribution in [-0.4, -0.2) is 25.0 Å². The van der Waals surface area contributed by atoms with E-state index in [0.717, 1.165) is 7.11 Å². The molecular weight excluding hydrogens is 260 g/mol. The zero-order chi connectivity index (χ0) is 11.2. The lowest BCUT2D eigenvalue weighted by molar-refractivity contribution is -0.145. The highest BCUT2D eigenvalue weighted by molar-refractivity contribution is 9.08. The van der Waals surface area contributed by atoms with Gasteiger partial charge in [-0.1, -0.05) is 13.3 Å². The van der Waals surface area contributed by atoms with Crippen molar-refractivity contribution in [1.29, 1.82) is 0 Å². The largest absolute Gasteiger partial charge is 0.468 e. The fraction of sp³-hybridized carbons (Fsp3) is 0.875. The van der Waals surface area contributed by atoms with Crippen LogP contribution in [-0.2, 0) is 9.53 Å². The molecule has 0 fully saturated rings. The second kappa shape index (κ2) is 6.29. The van der Waals surface area contributed by atoms with Crippen LogP contribution in [0.15, 0.2) is 0 Å². The van der Waals surface area contributed by atoms with E-state index >= 15 is 0 Å². The van der Waals surface area contributed by atoms with Crippen LogP contribution in [0.3, 0.4) is 0 Å². The van der Waals surface area contributed by atoms with Gasteiger partial charge >= 0.3 is 5.97 Å². The highest BCUT2D eigenvalue weighted by Gasteiger charge is 2.34. The zero-order valence-corrected chi connectivity index (χ0v) is 9.74. The van der Waals surface area contributed by atoms with Gasteiger partial charge in [0, 0.05) is 29.0 Å². The highest BCUT2D eigenvalue weighted by Crippen LogP contribution is 2.26. The van der Waals surface area contributed by atoms with Crippen molar-refractivity contribution in [3.8, 4) is 0 Å². The van der Waals surface area contributed by atoms with Gasteiger partial charge in [0.2, 0.25) is 5.92 Å². The van der Waals surface area contributed by atoms with Crippen LogP contribution in [0.2, 0.25) is 0 Å². The van der Waals surface area contributed by atoms with Crippen LogP contribution < -0.4 is 4.34 Å². The van der Waals surface area contributed by atoms with E-state index in [9.17, 15) is 13.6 Å². The van der Waals surface area contributed by atoms with E-state index in [1.807, 2.05) is 0 Å². The third-order valence-corrected chi connectivity index (χ3v) is 2.29. The van der Waals surface area contributed by atoms with Crippen molar-refractivity contribution >= 4 is 22.1 Å². The monoisotopic (exact) mass is 273 g/mol. The van der Waals surface area contributed by atoms with Crippen molar-refractivity contribution in [2.75, 3.05) is 7.11 Å². The number of ether oxygens (including phenoxy) is 1. The Balaban J connectivity index is 4.22.